The van der Waals surface area contributed by atoms with Crippen molar-refractivity contribution in [2.45, 2.75) is 18.8 Å². The number of carbonyl (C=O) groups excluding carboxylic acids is 2. The molecule has 1 aliphatic heterocycles. The van der Waals surface area contributed by atoms with Crippen LogP contribution in [0.25, 0.3) is 11.0 Å². The first-order chi connectivity index (χ1) is 16.9. The Morgan fingerprint density at radius 2 is 1.71 bits per heavy atom. The number of hydrogen-bond donors (Lipinski definition) is 3. The van der Waals surface area contributed by atoms with Gasteiger partial charge >= 0.3 is 0 Å². The summed E-state index contributed by atoms with van der Waals surface area (Å²) in [7, 11) is 0. The van der Waals surface area contributed by atoms with Gasteiger partial charge in [-0.05, 0) is 49.2 Å². The Balaban J connectivity index is 1.23. The highest BCUT2D eigenvalue weighted by atomic mass is 19.1. The van der Waals surface area contributed by atoms with Crippen LogP contribution in [-0.2, 0) is 0 Å². The number of nitrogens with zero attached hydrogens (tertiary/aromatic N) is 2. The van der Waals surface area contributed by atoms with E-state index < -0.39 is 17.5 Å². The van der Waals surface area contributed by atoms with E-state index in [-0.39, 0.29) is 34.4 Å². The first-order valence-corrected chi connectivity index (χ1v) is 11.2. The molecule has 35 heavy (non-hydrogen) atoms. The zero-order valence-corrected chi connectivity index (χ0v) is 18.6. The zero-order chi connectivity index (χ0) is 24.5. The van der Waals surface area contributed by atoms with Gasteiger partial charge in [0.2, 0.25) is 0 Å². The molecule has 7 nitrogen and oxygen atoms in total. The summed E-state index contributed by atoms with van der Waals surface area (Å²) in [6.07, 6.45) is 1.48. The molecule has 0 unspecified atom stereocenters. The fourth-order valence-corrected chi connectivity index (χ4v) is 4.37. The average molecular weight is 476 g/mol. The van der Waals surface area contributed by atoms with Crippen LogP contribution in [-0.4, -0.2) is 44.9 Å². The molecule has 4 aromatic rings. The van der Waals surface area contributed by atoms with Crippen molar-refractivity contribution in [1.29, 1.82) is 0 Å². The molecule has 178 valence electrons. The maximum absolute atomic E-state index is 13.4. The van der Waals surface area contributed by atoms with Gasteiger partial charge in [-0.2, -0.15) is 0 Å². The maximum atomic E-state index is 13.4. The number of nitrogens with one attached hydrogen (secondary N) is 2. The lowest BCUT2D eigenvalue weighted by Gasteiger charge is -2.31. The van der Waals surface area contributed by atoms with Gasteiger partial charge in [0.25, 0.3) is 11.8 Å². The number of phenols is 1. The monoisotopic (exact) mass is 476 g/mol. The van der Waals surface area contributed by atoms with Gasteiger partial charge in [0.05, 0.1) is 16.6 Å². The van der Waals surface area contributed by atoms with Gasteiger partial charge < -0.3 is 20.3 Å². The molecule has 0 atom stereocenters. The summed E-state index contributed by atoms with van der Waals surface area (Å²) in [5, 5.41) is 12.9. The number of fused-ring (bicyclic) bond motifs is 1. The second kappa shape index (κ2) is 9.17. The quantitative estimate of drug-likeness (QED) is 0.393. The van der Waals surface area contributed by atoms with Gasteiger partial charge in [-0.15, -0.1) is 0 Å². The smallest absolute Gasteiger partial charge is 0.257 e. The van der Waals surface area contributed by atoms with Gasteiger partial charge in [-0.1, -0.05) is 12.1 Å². The van der Waals surface area contributed by atoms with E-state index in [1.54, 1.807) is 4.90 Å². The van der Waals surface area contributed by atoms with Crippen LogP contribution in [0.1, 0.15) is 45.3 Å². The van der Waals surface area contributed by atoms with Crippen molar-refractivity contribution in [3.05, 3.63) is 89.2 Å². The summed E-state index contributed by atoms with van der Waals surface area (Å²) in [5.41, 5.74) is 2.01. The Kier molecular flexibility index (Phi) is 5.90. The molecule has 5 rings (SSSR count). The summed E-state index contributed by atoms with van der Waals surface area (Å²) in [4.78, 5) is 35.0. The highest BCUT2D eigenvalue weighted by Gasteiger charge is 2.27. The van der Waals surface area contributed by atoms with E-state index in [4.69, 9.17) is 0 Å². The van der Waals surface area contributed by atoms with Crippen molar-refractivity contribution in [3.8, 4) is 5.75 Å². The number of benzene rings is 3. The van der Waals surface area contributed by atoms with Gasteiger partial charge in [0, 0.05) is 42.4 Å². The van der Waals surface area contributed by atoms with E-state index in [2.05, 4.69) is 15.3 Å². The Morgan fingerprint density at radius 1 is 1.00 bits per heavy atom. The van der Waals surface area contributed by atoms with Crippen molar-refractivity contribution < 1.29 is 23.5 Å². The molecule has 1 aliphatic rings. The molecular weight excluding hydrogens is 454 g/mol. The normalized spacial score (nSPS) is 14.3. The topological polar surface area (TPSA) is 98.3 Å². The highest BCUT2D eigenvalue weighted by Crippen LogP contribution is 2.30. The average Bonchev–Trinajstić information content (AvgIpc) is 3.28. The van der Waals surface area contributed by atoms with Crippen LogP contribution in [0.15, 0.2) is 60.7 Å². The Morgan fingerprint density at radius 3 is 2.40 bits per heavy atom. The van der Waals surface area contributed by atoms with Crippen molar-refractivity contribution in [1.82, 2.24) is 14.9 Å². The number of aromatic hydroxyl groups is 1. The number of anilines is 1. The molecule has 3 aromatic carbocycles. The number of likely N-dealkylation sites (tertiary alicyclic amines) is 1. The van der Waals surface area contributed by atoms with E-state index in [1.807, 2.05) is 24.3 Å². The molecule has 2 heterocycles. The van der Waals surface area contributed by atoms with Crippen LogP contribution in [0, 0.1) is 11.6 Å². The Hall–Kier alpha value is -4.27. The lowest BCUT2D eigenvalue weighted by Crippen LogP contribution is -2.38. The number of aromatic amines is 1. The number of imidazole rings is 1. The molecule has 0 radical (unpaired) electrons. The van der Waals surface area contributed by atoms with E-state index in [0.717, 1.165) is 41.8 Å². The lowest BCUT2D eigenvalue weighted by molar-refractivity contribution is 0.0708. The summed E-state index contributed by atoms with van der Waals surface area (Å²) in [6.45, 7) is 1.03. The molecule has 0 aliphatic carbocycles. The molecule has 1 saturated heterocycles. The van der Waals surface area contributed by atoms with E-state index in [0.29, 0.717) is 19.2 Å². The standard InChI is InChI=1S/C26H22F2N4O3/c27-17-11-16(12-18(28)13-17)25(34)29-19-5-6-20(23(33)14-19)26(35)32-9-7-15(8-10-32)24-30-21-3-1-2-4-22(21)31-24/h1-6,11-15,33H,7-10H2,(H,29,34)(H,30,31). The minimum Gasteiger partial charge on any atom is -0.507 e. The maximum Gasteiger partial charge on any atom is 0.257 e. The van der Waals surface area contributed by atoms with Crippen molar-refractivity contribution in [2.75, 3.05) is 18.4 Å². The number of carbonyl (C=O) groups is 2. The van der Waals surface area contributed by atoms with Gasteiger partial charge in [-0.25, -0.2) is 13.8 Å². The summed E-state index contributed by atoms with van der Waals surface area (Å²) in [6, 6.07) is 14.4. The van der Waals surface area contributed by atoms with Crippen LogP contribution in [0.2, 0.25) is 0 Å². The number of halogens is 2. The summed E-state index contributed by atoms with van der Waals surface area (Å²) >= 11 is 0. The molecule has 1 aromatic heterocycles. The molecule has 3 N–H and O–H groups in total. The van der Waals surface area contributed by atoms with Crippen LogP contribution in [0.3, 0.4) is 0 Å². The van der Waals surface area contributed by atoms with Crippen LogP contribution in [0.4, 0.5) is 14.5 Å². The highest BCUT2D eigenvalue weighted by molar-refractivity contribution is 6.05. The third-order valence-electron chi connectivity index (χ3n) is 6.19. The number of piperidine rings is 1. The first-order valence-electron chi connectivity index (χ1n) is 11.2. The van der Waals surface area contributed by atoms with Crippen molar-refractivity contribution in [3.63, 3.8) is 0 Å². The summed E-state index contributed by atoms with van der Waals surface area (Å²) in [5.74, 6) is -1.96. The fourth-order valence-electron chi connectivity index (χ4n) is 4.37. The zero-order valence-electron chi connectivity index (χ0n) is 18.6. The predicted octanol–water partition coefficient (Wildman–Crippen LogP) is 4.82. The Bertz CT molecular complexity index is 1370. The Labute approximate surface area is 199 Å². The lowest BCUT2D eigenvalue weighted by atomic mass is 9.95. The molecule has 0 spiro atoms. The van der Waals surface area contributed by atoms with Crippen LogP contribution >= 0.6 is 0 Å². The molecule has 2 amide bonds. The largest absolute Gasteiger partial charge is 0.507 e. The van der Waals surface area contributed by atoms with E-state index in [1.165, 1.54) is 18.2 Å². The minimum absolute atomic E-state index is 0.113. The molecule has 1 fully saturated rings. The first kappa shape index (κ1) is 22.5. The second-order valence-corrected chi connectivity index (χ2v) is 8.55. The molecule has 9 heteroatoms. The number of aromatic nitrogens is 2. The molecule has 0 bridgehead atoms. The number of rotatable bonds is 4. The van der Waals surface area contributed by atoms with E-state index >= 15 is 0 Å². The third kappa shape index (κ3) is 4.70. The van der Waals surface area contributed by atoms with Gasteiger partial charge in [0.15, 0.2) is 0 Å². The minimum atomic E-state index is -0.872. The summed E-state index contributed by atoms with van der Waals surface area (Å²) < 4.78 is 26.7. The number of hydrogen-bond acceptors (Lipinski definition) is 4. The van der Waals surface area contributed by atoms with E-state index in [9.17, 15) is 23.5 Å². The van der Waals surface area contributed by atoms with Gasteiger partial charge in [0.1, 0.15) is 23.2 Å². The van der Waals surface area contributed by atoms with Crippen molar-refractivity contribution in [2.24, 2.45) is 0 Å². The SMILES string of the molecule is O=C(Nc1ccc(C(=O)N2CCC(c3nc4ccccc4[nH]3)CC2)c(O)c1)c1cc(F)cc(F)c1. The van der Waals surface area contributed by atoms with Crippen molar-refractivity contribution >= 4 is 28.5 Å². The number of amides is 2. The number of H-pyrrole nitrogens is 1. The molecule has 0 saturated carbocycles. The van der Waals surface area contributed by atoms with Crippen LogP contribution in [0.5, 0.6) is 5.75 Å². The van der Waals surface area contributed by atoms with Gasteiger partial charge in [-0.3, -0.25) is 9.59 Å². The fraction of sp³-hybridized carbons (Fsp3) is 0.192. The number of phenolic OH excluding ortho intramolecular Hbond substituents is 1. The number of para-hydroxylation sites is 2. The third-order valence-corrected chi connectivity index (χ3v) is 6.19. The predicted molar refractivity (Wildman–Crippen MR) is 126 cm³/mol. The second-order valence-electron chi connectivity index (χ2n) is 8.55. The molecular formula is C26H22F2N4O3. The van der Waals surface area contributed by atoms with Crippen LogP contribution < -0.4 is 5.32 Å².